The molecule has 0 aliphatic carbocycles. The van der Waals surface area contributed by atoms with Crippen LogP contribution in [0.15, 0.2) is 36.7 Å². The lowest BCUT2D eigenvalue weighted by Crippen LogP contribution is -2.38. The first-order valence-corrected chi connectivity index (χ1v) is 7.95. The number of hydrogen-bond donors (Lipinski definition) is 1. The number of carbonyl (C=O) groups is 1. The lowest BCUT2D eigenvalue weighted by molar-refractivity contribution is -0.130. The van der Waals surface area contributed by atoms with Gasteiger partial charge in [0, 0.05) is 43.9 Å². The average molecular weight is 311 g/mol. The predicted molar refractivity (Wildman–Crippen MR) is 87.6 cm³/mol. The van der Waals surface area contributed by atoms with Gasteiger partial charge in [0.05, 0.1) is 18.0 Å². The molecule has 23 heavy (non-hydrogen) atoms. The zero-order valence-electron chi connectivity index (χ0n) is 13.3. The van der Waals surface area contributed by atoms with Gasteiger partial charge in [-0.05, 0) is 18.4 Å². The number of aliphatic hydroxyl groups excluding tert-OH is 1. The fourth-order valence-corrected chi connectivity index (χ4v) is 3.12. The van der Waals surface area contributed by atoms with Crippen LogP contribution in [0.25, 0.3) is 11.3 Å². The smallest absolute Gasteiger partial charge is 0.219 e. The Balaban J connectivity index is 1.92. The molecule has 2 heterocycles. The Kier molecular flexibility index (Phi) is 4.67. The largest absolute Gasteiger partial charge is 0.392 e. The summed E-state index contributed by atoms with van der Waals surface area (Å²) in [6.07, 6.45) is 5.42. The van der Waals surface area contributed by atoms with Gasteiger partial charge in [0.15, 0.2) is 0 Å². The highest BCUT2D eigenvalue weighted by molar-refractivity contribution is 5.73. The molecule has 5 nitrogen and oxygen atoms in total. The second-order valence-corrected chi connectivity index (χ2v) is 5.95. The molecule has 1 aliphatic heterocycles. The van der Waals surface area contributed by atoms with Crippen molar-refractivity contribution in [3.63, 3.8) is 0 Å². The summed E-state index contributed by atoms with van der Waals surface area (Å²) in [7, 11) is 0. The highest BCUT2D eigenvalue weighted by Gasteiger charge is 2.26. The van der Waals surface area contributed by atoms with E-state index in [1.807, 2.05) is 29.2 Å². The van der Waals surface area contributed by atoms with Gasteiger partial charge in [-0.2, -0.15) is 0 Å². The van der Waals surface area contributed by atoms with Crippen molar-refractivity contribution in [3.8, 4) is 11.3 Å². The third kappa shape index (κ3) is 3.40. The fraction of sp³-hybridized carbons (Fsp3) is 0.389. The first-order valence-electron chi connectivity index (χ1n) is 7.95. The summed E-state index contributed by atoms with van der Waals surface area (Å²) < 4.78 is 0. The topological polar surface area (TPSA) is 66.3 Å². The summed E-state index contributed by atoms with van der Waals surface area (Å²) in [5.74, 6) is 0.335. The van der Waals surface area contributed by atoms with E-state index in [1.54, 1.807) is 19.3 Å². The molecule has 5 heteroatoms. The highest BCUT2D eigenvalue weighted by atomic mass is 16.3. The van der Waals surface area contributed by atoms with Crippen LogP contribution in [0.5, 0.6) is 0 Å². The second-order valence-electron chi connectivity index (χ2n) is 5.95. The van der Waals surface area contributed by atoms with Gasteiger partial charge in [-0.1, -0.05) is 24.3 Å². The third-order valence-electron chi connectivity index (χ3n) is 4.39. The Bertz CT molecular complexity index is 685. The van der Waals surface area contributed by atoms with E-state index in [4.69, 9.17) is 0 Å². The molecule has 1 saturated heterocycles. The van der Waals surface area contributed by atoms with Crippen molar-refractivity contribution >= 4 is 5.91 Å². The molecule has 0 saturated carbocycles. The van der Waals surface area contributed by atoms with E-state index in [2.05, 4.69) is 9.97 Å². The van der Waals surface area contributed by atoms with E-state index in [-0.39, 0.29) is 18.4 Å². The second kappa shape index (κ2) is 6.87. The monoisotopic (exact) mass is 311 g/mol. The minimum atomic E-state index is 0.0315. The summed E-state index contributed by atoms with van der Waals surface area (Å²) in [5, 5.41) is 9.17. The first-order chi connectivity index (χ1) is 11.2. The van der Waals surface area contributed by atoms with Gasteiger partial charge < -0.3 is 10.0 Å². The molecule has 1 aromatic carbocycles. The molecule has 1 aromatic heterocycles. The van der Waals surface area contributed by atoms with Crippen molar-refractivity contribution in [3.05, 3.63) is 47.9 Å². The standard InChI is InChI=1S/C18H21N3O2/c1-13(23)21-10-2-3-16(11-21)18-17(19-8-9-20-18)15-6-4-14(12-22)5-7-15/h4-9,16,22H,2-3,10-12H2,1H3. The molecule has 0 radical (unpaired) electrons. The number of piperidine rings is 1. The van der Waals surface area contributed by atoms with E-state index >= 15 is 0 Å². The van der Waals surface area contributed by atoms with Crippen LogP contribution in [0, 0.1) is 0 Å². The van der Waals surface area contributed by atoms with Gasteiger partial charge in [0.1, 0.15) is 0 Å². The summed E-state index contributed by atoms with van der Waals surface area (Å²) in [6, 6.07) is 7.72. The summed E-state index contributed by atoms with van der Waals surface area (Å²) in [4.78, 5) is 22.6. The van der Waals surface area contributed by atoms with Crippen molar-refractivity contribution in [1.82, 2.24) is 14.9 Å². The molecule has 1 N–H and O–H groups in total. The Morgan fingerprint density at radius 1 is 1.26 bits per heavy atom. The van der Waals surface area contributed by atoms with Crippen LogP contribution in [0.2, 0.25) is 0 Å². The van der Waals surface area contributed by atoms with Gasteiger partial charge in [-0.25, -0.2) is 0 Å². The van der Waals surface area contributed by atoms with Crippen LogP contribution in [-0.2, 0) is 11.4 Å². The maximum atomic E-state index is 11.7. The van der Waals surface area contributed by atoms with E-state index in [0.717, 1.165) is 41.9 Å². The van der Waals surface area contributed by atoms with Gasteiger partial charge in [0.2, 0.25) is 5.91 Å². The highest BCUT2D eigenvalue weighted by Crippen LogP contribution is 2.31. The molecule has 3 rings (SSSR count). The number of amides is 1. The van der Waals surface area contributed by atoms with Crippen LogP contribution >= 0.6 is 0 Å². The Labute approximate surface area is 136 Å². The number of benzene rings is 1. The van der Waals surface area contributed by atoms with Crippen molar-refractivity contribution < 1.29 is 9.90 Å². The fourth-order valence-electron chi connectivity index (χ4n) is 3.12. The molecule has 0 bridgehead atoms. The third-order valence-corrected chi connectivity index (χ3v) is 4.39. The maximum Gasteiger partial charge on any atom is 0.219 e. The maximum absolute atomic E-state index is 11.7. The number of rotatable bonds is 3. The van der Waals surface area contributed by atoms with Crippen molar-refractivity contribution in [1.29, 1.82) is 0 Å². The molecule has 120 valence electrons. The first kappa shape index (κ1) is 15.6. The summed E-state index contributed by atoms with van der Waals surface area (Å²) >= 11 is 0. The lowest BCUT2D eigenvalue weighted by atomic mass is 9.91. The van der Waals surface area contributed by atoms with Gasteiger partial charge in [0.25, 0.3) is 0 Å². The van der Waals surface area contributed by atoms with Crippen molar-refractivity contribution in [2.75, 3.05) is 13.1 Å². The zero-order chi connectivity index (χ0) is 16.2. The zero-order valence-corrected chi connectivity index (χ0v) is 13.3. The number of aliphatic hydroxyl groups is 1. The molecule has 1 unspecified atom stereocenters. The quantitative estimate of drug-likeness (QED) is 0.945. The average Bonchev–Trinajstić information content (AvgIpc) is 2.62. The van der Waals surface area contributed by atoms with E-state index in [0.29, 0.717) is 6.54 Å². The van der Waals surface area contributed by atoms with Gasteiger partial charge in [-0.15, -0.1) is 0 Å². The van der Waals surface area contributed by atoms with Crippen LogP contribution in [0.3, 0.4) is 0 Å². The van der Waals surface area contributed by atoms with Crippen molar-refractivity contribution in [2.24, 2.45) is 0 Å². The minimum absolute atomic E-state index is 0.0315. The van der Waals surface area contributed by atoms with Crippen LogP contribution < -0.4 is 0 Å². The number of nitrogens with zero attached hydrogens (tertiary/aromatic N) is 3. The van der Waals surface area contributed by atoms with Gasteiger partial charge >= 0.3 is 0 Å². The van der Waals surface area contributed by atoms with E-state index < -0.39 is 0 Å². The Hall–Kier alpha value is -2.27. The molecule has 0 spiro atoms. The molecular formula is C18H21N3O2. The van der Waals surface area contributed by atoms with Crippen LogP contribution in [0.1, 0.15) is 36.9 Å². The molecule has 1 amide bonds. The number of carbonyl (C=O) groups excluding carboxylic acids is 1. The SMILES string of the molecule is CC(=O)N1CCCC(c2nccnc2-c2ccc(CO)cc2)C1. The Morgan fingerprint density at radius 3 is 2.70 bits per heavy atom. The van der Waals surface area contributed by atoms with Crippen LogP contribution in [0.4, 0.5) is 0 Å². The normalized spacial score (nSPS) is 18.0. The minimum Gasteiger partial charge on any atom is -0.392 e. The summed E-state index contributed by atoms with van der Waals surface area (Å²) in [6.45, 7) is 3.18. The Morgan fingerprint density at radius 2 is 2.00 bits per heavy atom. The molecule has 2 aromatic rings. The molecular weight excluding hydrogens is 290 g/mol. The van der Waals surface area contributed by atoms with E-state index in [1.165, 1.54) is 0 Å². The van der Waals surface area contributed by atoms with E-state index in [9.17, 15) is 9.90 Å². The number of likely N-dealkylation sites (tertiary alicyclic amines) is 1. The van der Waals surface area contributed by atoms with Crippen LogP contribution in [-0.4, -0.2) is 39.0 Å². The van der Waals surface area contributed by atoms with Gasteiger partial charge in [-0.3, -0.25) is 14.8 Å². The van der Waals surface area contributed by atoms with Crippen molar-refractivity contribution in [2.45, 2.75) is 32.3 Å². The lowest BCUT2D eigenvalue weighted by Gasteiger charge is -2.32. The summed E-state index contributed by atoms with van der Waals surface area (Å²) in [5.41, 5.74) is 3.69. The molecule has 1 aliphatic rings. The predicted octanol–water partition coefficient (Wildman–Crippen LogP) is 2.36. The number of hydrogen-bond acceptors (Lipinski definition) is 4. The molecule has 1 fully saturated rings. The molecule has 1 atom stereocenters. The number of aromatic nitrogens is 2.